The van der Waals surface area contributed by atoms with E-state index < -0.39 is 0 Å². The Morgan fingerprint density at radius 3 is 2.21 bits per heavy atom. The highest BCUT2D eigenvalue weighted by atomic mass is 35.5. The zero-order chi connectivity index (χ0) is 19.6. The minimum absolute atomic E-state index is 0.669. The van der Waals surface area contributed by atoms with Crippen LogP contribution in [-0.2, 0) is 0 Å². The van der Waals surface area contributed by atoms with Crippen molar-refractivity contribution in [2.45, 2.75) is 0 Å². The maximum atomic E-state index is 5.97. The van der Waals surface area contributed by atoms with Crippen molar-refractivity contribution in [1.82, 2.24) is 10.5 Å². The third-order valence-corrected chi connectivity index (χ3v) is 5.38. The van der Waals surface area contributed by atoms with Gasteiger partial charge in [-0.2, -0.15) is 0 Å². The summed E-state index contributed by atoms with van der Waals surface area (Å²) < 4.78 is 11.5. The lowest BCUT2D eigenvalue weighted by Crippen LogP contribution is -2.43. The number of nitrogens with zero attached hydrogens (tertiary/aromatic N) is 2. The van der Waals surface area contributed by atoms with Gasteiger partial charge in [0.25, 0.3) is 0 Å². The molecule has 0 saturated carbocycles. The van der Waals surface area contributed by atoms with Gasteiger partial charge in [0, 0.05) is 54.1 Å². The lowest BCUT2D eigenvalue weighted by molar-refractivity contribution is 0.432. The van der Waals surface area contributed by atoms with Gasteiger partial charge in [-0.05, 0) is 60.7 Å². The lowest BCUT2D eigenvalue weighted by atomic mass is 10.1. The molecule has 1 saturated heterocycles. The van der Waals surface area contributed by atoms with Crippen molar-refractivity contribution in [2.24, 2.45) is 0 Å². The van der Waals surface area contributed by atoms with Crippen LogP contribution >= 0.6 is 11.6 Å². The molecule has 0 atom stereocenters. The van der Waals surface area contributed by atoms with E-state index in [4.69, 9.17) is 20.5 Å². The smallest absolute Gasteiger partial charge is 0.167 e. The molecular formula is C23H20ClN3O2. The maximum absolute atomic E-state index is 5.97. The summed E-state index contributed by atoms with van der Waals surface area (Å²) >= 11 is 5.96. The standard InChI is InChI=1S/C23H20ClN3O2/c24-18-5-1-16(2-6-18)21-9-10-22(28-21)20-15-23(29-26-20)17-3-7-19(8-4-17)27-13-11-25-12-14-27/h1-10,15,25H,11-14H2. The second-order valence-electron chi connectivity index (χ2n) is 7.03. The number of benzene rings is 2. The number of hydrogen-bond acceptors (Lipinski definition) is 5. The van der Waals surface area contributed by atoms with E-state index in [0.717, 1.165) is 48.8 Å². The third kappa shape index (κ3) is 3.79. The van der Waals surface area contributed by atoms with Crippen LogP contribution < -0.4 is 10.2 Å². The Hall–Kier alpha value is -3.02. The minimum atomic E-state index is 0.669. The van der Waals surface area contributed by atoms with Gasteiger partial charge in [0.1, 0.15) is 11.5 Å². The fourth-order valence-electron chi connectivity index (χ4n) is 3.53. The Kier molecular flexibility index (Phi) is 4.84. The molecule has 5 rings (SSSR count). The summed E-state index contributed by atoms with van der Waals surface area (Å²) in [7, 11) is 0. The van der Waals surface area contributed by atoms with Gasteiger partial charge in [0.05, 0.1) is 0 Å². The first-order valence-corrected chi connectivity index (χ1v) is 10.0. The van der Waals surface area contributed by atoms with Crippen LogP contribution in [0.3, 0.4) is 0 Å². The van der Waals surface area contributed by atoms with Gasteiger partial charge in [-0.3, -0.25) is 0 Å². The number of aromatic nitrogens is 1. The Balaban J connectivity index is 1.35. The van der Waals surface area contributed by atoms with Crippen LogP contribution in [0, 0.1) is 0 Å². The van der Waals surface area contributed by atoms with E-state index in [1.54, 1.807) is 0 Å². The Labute approximate surface area is 173 Å². The fraction of sp³-hybridized carbons (Fsp3) is 0.174. The molecule has 1 fully saturated rings. The topological polar surface area (TPSA) is 54.4 Å². The molecule has 0 spiro atoms. The van der Waals surface area contributed by atoms with Gasteiger partial charge in [-0.15, -0.1) is 0 Å². The maximum Gasteiger partial charge on any atom is 0.167 e. The molecule has 2 aromatic heterocycles. The summed E-state index contributed by atoms with van der Waals surface area (Å²) in [5.74, 6) is 2.15. The Morgan fingerprint density at radius 1 is 0.793 bits per heavy atom. The average molecular weight is 406 g/mol. The van der Waals surface area contributed by atoms with Crippen molar-refractivity contribution in [1.29, 1.82) is 0 Å². The molecule has 6 heteroatoms. The van der Waals surface area contributed by atoms with Crippen molar-refractivity contribution < 1.29 is 8.94 Å². The minimum Gasteiger partial charge on any atom is -0.454 e. The number of piperazine rings is 1. The van der Waals surface area contributed by atoms with E-state index in [1.165, 1.54) is 5.69 Å². The number of hydrogen-bond donors (Lipinski definition) is 1. The van der Waals surface area contributed by atoms with Crippen molar-refractivity contribution >= 4 is 17.3 Å². The largest absolute Gasteiger partial charge is 0.454 e. The van der Waals surface area contributed by atoms with Crippen molar-refractivity contribution in [3.05, 3.63) is 71.8 Å². The zero-order valence-corrected chi connectivity index (χ0v) is 16.5. The molecule has 3 heterocycles. The van der Waals surface area contributed by atoms with Gasteiger partial charge < -0.3 is 19.2 Å². The van der Waals surface area contributed by atoms with Gasteiger partial charge in [0.15, 0.2) is 11.5 Å². The van der Waals surface area contributed by atoms with Crippen LogP contribution in [0.2, 0.25) is 5.02 Å². The van der Waals surface area contributed by atoms with Crippen LogP contribution in [-0.4, -0.2) is 31.3 Å². The summed E-state index contributed by atoms with van der Waals surface area (Å²) in [5, 5.41) is 8.26. The molecule has 0 radical (unpaired) electrons. The molecule has 0 bridgehead atoms. The fourth-order valence-corrected chi connectivity index (χ4v) is 3.66. The monoisotopic (exact) mass is 405 g/mol. The molecule has 2 aromatic carbocycles. The van der Waals surface area contributed by atoms with Gasteiger partial charge in [-0.1, -0.05) is 16.8 Å². The predicted octanol–water partition coefficient (Wildman–Crippen LogP) is 5.33. The third-order valence-electron chi connectivity index (χ3n) is 5.13. The summed E-state index contributed by atoms with van der Waals surface area (Å²) in [5.41, 5.74) is 3.86. The van der Waals surface area contributed by atoms with E-state index in [-0.39, 0.29) is 0 Å². The van der Waals surface area contributed by atoms with E-state index in [1.807, 2.05) is 42.5 Å². The van der Waals surface area contributed by atoms with Gasteiger partial charge >= 0.3 is 0 Å². The highest BCUT2D eigenvalue weighted by Crippen LogP contribution is 2.31. The summed E-state index contributed by atoms with van der Waals surface area (Å²) in [6, 6.07) is 21.7. The van der Waals surface area contributed by atoms with E-state index in [0.29, 0.717) is 16.5 Å². The molecule has 29 heavy (non-hydrogen) atoms. The Morgan fingerprint density at radius 2 is 1.45 bits per heavy atom. The van der Waals surface area contributed by atoms with E-state index >= 15 is 0 Å². The van der Waals surface area contributed by atoms with Crippen LogP contribution in [0.15, 0.2) is 75.7 Å². The molecule has 1 aliphatic rings. The number of nitrogens with one attached hydrogen (secondary N) is 1. The second-order valence-corrected chi connectivity index (χ2v) is 7.47. The highest BCUT2D eigenvalue weighted by Gasteiger charge is 2.14. The molecule has 0 aliphatic carbocycles. The van der Waals surface area contributed by atoms with Crippen LogP contribution in [0.4, 0.5) is 5.69 Å². The first-order chi connectivity index (χ1) is 14.3. The van der Waals surface area contributed by atoms with Crippen molar-refractivity contribution in [2.75, 3.05) is 31.1 Å². The number of anilines is 1. The number of furan rings is 1. The second kappa shape index (κ2) is 7.78. The number of rotatable bonds is 4. The molecule has 0 unspecified atom stereocenters. The molecule has 1 N–H and O–H groups in total. The van der Waals surface area contributed by atoms with Crippen molar-refractivity contribution in [3.8, 4) is 34.1 Å². The molecular weight excluding hydrogens is 386 g/mol. The van der Waals surface area contributed by atoms with Crippen LogP contribution in [0.25, 0.3) is 34.1 Å². The first kappa shape index (κ1) is 18.0. The summed E-state index contributed by atoms with van der Waals surface area (Å²) in [4.78, 5) is 2.38. The highest BCUT2D eigenvalue weighted by molar-refractivity contribution is 6.30. The lowest BCUT2D eigenvalue weighted by Gasteiger charge is -2.29. The summed E-state index contributed by atoms with van der Waals surface area (Å²) in [6.45, 7) is 4.10. The molecule has 0 amide bonds. The van der Waals surface area contributed by atoms with E-state index in [2.05, 4.69) is 39.6 Å². The first-order valence-electron chi connectivity index (χ1n) is 9.65. The summed E-state index contributed by atoms with van der Waals surface area (Å²) in [6.07, 6.45) is 0. The zero-order valence-electron chi connectivity index (χ0n) is 15.8. The van der Waals surface area contributed by atoms with Crippen LogP contribution in [0.1, 0.15) is 0 Å². The molecule has 4 aromatic rings. The Bertz CT molecular complexity index is 1090. The molecule has 5 nitrogen and oxygen atoms in total. The SMILES string of the molecule is Clc1ccc(-c2ccc(-c3cc(-c4ccc(N5CCNCC5)cc4)on3)o2)cc1. The normalized spacial score (nSPS) is 14.3. The molecule has 146 valence electrons. The van der Waals surface area contributed by atoms with Gasteiger partial charge in [0.2, 0.25) is 0 Å². The van der Waals surface area contributed by atoms with E-state index in [9.17, 15) is 0 Å². The quantitative estimate of drug-likeness (QED) is 0.497. The number of halogens is 1. The molecule has 1 aliphatic heterocycles. The predicted molar refractivity (Wildman–Crippen MR) is 115 cm³/mol. The average Bonchev–Trinajstić information content (AvgIpc) is 3.45. The van der Waals surface area contributed by atoms with Gasteiger partial charge in [-0.25, -0.2) is 0 Å². The van der Waals surface area contributed by atoms with Crippen molar-refractivity contribution in [3.63, 3.8) is 0 Å². The van der Waals surface area contributed by atoms with Crippen LogP contribution in [0.5, 0.6) is 0 Å².